The number of carbonyl (C=O) groups is 1. The molecule has 0 spiro atoms. The van der Waals surface area contributed by atoms with Gasteiger partial charge in [-0.3, -0.25) is 19.5 Å². The smallest absolute Gasteiger partial charge is 0.407 e. The molecule has 138 valence electrons. The predicted octanol–water partition coefficient (Wildman–Crippen LogP) is 1.45. The number of hydrogen-bond acceptors (Lipinski definition) is 6. The van der Waals surface area contributed by atoms with Crippen molar-refractivity contribution in [3.05, 3.63) is 68.2 Å². The van der Waals surface area contributed by atoms with E-state index in [2.05, 4.69) is 0 Å². The SMILES string of the molecule is CN1C(=O)C(O)(Cc2cc3c(cc2[N+](=O)[O-])oc(=O)n3C)c2ccccc21. The largest absolute Gasteiger partial charge is 0.419 e. The maximum Gasteiger partial charge on any atom is 0.419 e. The molecule has 1 aliphatic heterocycles. The molecule has 0 fully saturated rings. The fourth-order valence-corrected chi connectivity index (χ4v) is 3.58. The van der Waals surface area contributed by atoms with Gasteiger partial charge in [0.15, 0.2) is 11.2 Å². The first kappa shape index (κ1) is 17.0. The normalized spacial score (nSPS) is 18.9. The summed E-state index contributed by atoms with van der Waals surface area (Å²) in [5.74, 6) is -1.23. The Labute approximate surface area is 152 Å². The summed E-state index contributed by atoms with van der Waals surface area (Å²) < 4.78 is 6.21. The van der Waals surface area contributed by atoms with E-state index in [1.165, 1.54) is 29.6 Å². The topological polar surface area (TPSA) is 119 Å². The number of fused-ring (bicyclic) bond motifs is 2. The molecule has 1 amide bonds. The highest BCUT2D eigenvalue weighted by Crippen LogP contribution is 2.42. The number of amides is 1. The number of para-hydroxylation sites is 1. The van der Waals surface area contributed by atoms with Gasteiger partial charge in [-0.25, -0.2) is 4.79 Å². The van der Waals surface area contributed by atoms with E-state index in [1.54, 1.807) is 24.3 Å². The molecular formula is C18H15N3O6. The number of likely N-dealkylation sites (N-methyl/N-ethyl adjacent to an activating group) is 1. The van der Waals surface area contributed by atoms with E-state index in [4.69, 9.17) is 4.42 Å². The molecule has 27 heavy (non-hydrogen) atoms. The second-order valence-corrected chi connectivity index (χ2v) is 6.55. The standard InChI is InChI=1S/C18H15N3O6/c1-19-12-6-4-3-5-11(12)18(24,16(19)22)9-10-7-14-15(8-13(10)21(25)26)27-17(23)20(14)2/h3-8,24H,9H2,1-2H3. The lowest BCUT2D eigenvalue weighted by Gasteiger charge is -2.22. The van der Waals surface area contributed by atoms with Crippen molar-refractivity contribution in [1.82, 2.24) is 4.57 Å². The van der Waals surface area contributed by atoms with Crippen LogP contribution in [0.4, 0.5) is 11.4 Å². The van der Waals surface area contributed by atoms with Crippen LogP contribution in [0.2, 0.25) is 0 Å². The molecule has 1 N–H and O–H groups in total. The summed E-state index contributed by atoms with van der Waals surface area (Å²) in [6.45, 7) is 0. The van der Waals surface area contributed by atoms with Gasteiger partial charge >= 0.3 is 5.76 Å². The predicted molar refractivity (Wildman–Crippen MR) is 95.6 cm³/mol. The number of carbonyl (C=O) groups excluding carboxylic acids is 1. The molecular weight excluding hydrogens is 354 g/mol. The van der Waals surface area contributed by atoms with Gasteiger partial charge in [0.25, 0.3) is 11.6 Å². The fourth-order valence-electron chi connectivity index (χ4n) is 3.58. The van der Waals surface area contributed by atoms with Crippen molar-refractivity contribution in [2.75, 3.05) is 11.9 Å². The molecule has 3 aromatic rings. The highest BCUT2D eigenvalue weighted by Gasteiger charge is 2.49. The molecule has 0 saturated heterocycles. The Morgan fingerprint density at radius 2 is 1.93 bits per heavy atom. The van der Waals surface area contributed by atoms with Gasteiger partial charge < -0.3 is 14.4 Å². The van der Waals surface area contributed by atoms with Crippen LogP contribution >= 0.6 is 0 Å². The number of hydrogen-bond donors (Lipinski definition) is 1. The molecule has 1 aliphatic rings. The maximum atomic E-state index is 12.7. The highest BCUT2D eigenvalue weighted by atomic mass is 16.6. The van der Waals surface area contributed by atoms with Crippen LogP contribution in [0.15, 0.2) is 45.6 Å². The van der Waals surface area contributed by atoms with Gasteiger partial charge in [0.05, 0.1) is 22.2 Å². The average molecular weight is 369 g/mol. The Balaban J connectivity index is 1.92. The Morgan fingerprint density at radius 3 is 2.63 bits per heavy atom. The van der Waals surface area contributed by atoms with E-state index in [-0.39, 0.29) is 23.3 Å². The highest BCUT2D eigenvalue weighted by molar-refractivity contribution is 6.06. The maximum absolute atomic E-state index is 12.7. The molecule has 1 aromatic heterocycles. The number of aliphatic hydroxyl groups is 1. The first-order chi connectivity index (χ1) is 12.7. The zero-order chi connectivity index (χ0) is 19.5. The van der Waals surface area contributed by atoms with Gasteiger partial charge in [0.2, 0.25) is 0 Å². The summed E-state index contributed by atoms with van der Waals surface area (Å²) in [4.78, 5) is 36.7. The van der Waals surface area contributed by atoms with Crippen LogP contribution in [-0.4, -0.2) is 27.6 Å². The fraction of sp³-hybridized carbons (Fsp3) is 0.222. The first-order valence-corrected chi connectivity index (χ1v) is 8.11. The second-order valence-electron chi connectivity index (χ2n) is 6.55. The molecule has 0 radical (unpaired) electrons. The molecule has 9 heteroatoms. The number of aryl methyl sites for hydroxylation is 1. The minimum absolute atomic E-state index is 0.0696. The lowest BCUT2D eigenvalue weighted by atomic mass is 9.87. The Bertz CT molecular complexity index is 1180. The van der Waals surface area contributed by atoms with Crippen LogP contribution in [0.25, 0.3) is 11.1 Å². The van der Waals surface area contributed by atoms with Crippen LogP contribution in [0.1, 0.15) is 11.1 Å². The molecule has 1 unspecified atom stereocenters. The molecule has 4 rings (SSSR count). The van der Waals surface area contributed by atoms with E-state index in [1.807, 2.05) is 0 Å². The molecule has 0 saturated carbocycles. The van der Waals surface area contributed by atoms with Crippen LogP contribution in [0.5, 0.6) is 0 Å². The summed E-state index contributed by atoms with van der Waals surface area (Å²) in [5, 5.41) is 22.7. The van der Waals surface area contributed by atoms with Crippen molar-refractivity contribution in [2.24, 2.45) is 7.05 Å². The van der Waals surface area contributed by atoms with Crippen LogP contribution in [-0.2, 0) is 23.9 Å². The van der Waals surface area contributed by atoms with Crippen molar-refractivity contribution in [3.8, 4) is 0 Å². The Hall–Kier alpha value is -3.46. The summed E-state index contributed by atoms with van der Waals surface area (Å²) in [6, 6.07) is 9.30. The van der Waals surface area contributed by atoms with Gasteiger partial charge in [0.1, 0.15) is 0 Å². The first-order valence-electron chi connectivity index (χ1n) is 8.11. The molecule has 9 nitrogen and oxygen atoms in total. The Kier molecular flexibility index (Phi) is 3.47. The molecule has 2 aromatic carbocycles. The lowest BCUT2D eigenvalue weighted by Crippen LogP contribution is -2.40. The van der Waals surface area contributed by atoms with E-state index in [0.29, 0.717) is 16.8 Å². The molecule has 2 heterocycles. The number of oxazole rings is 1. The Morgan fingerprint density at radius 1 is 1.22 bits per heavy atom. The lowest BCUT2D eigenvalue weighted by molar-refractivity contribution is -0.385. The number of rotatable bonds is 3. The van der Waals surface area contributed by atoms with Crippen molar-refractivity contribution in [1.29, 1.82) is 0 Å². The van der Waals surface area contributed by atoms with E-state index >= 15 is 0 Å². The van der Waals surface area contributed by atoms with Gasteiger partial charge in [-0.1, -0.05) is 18.2 Å². The van der Waals surface area contributed by atoms with Gasteiger partial charge in [-0.2, -0.15) is 0 Å². The summed E-state index contributed by atoms with van der Waals surface area (Å²) in [7, 11) is 3.01. The van der Waals surface area contributed by atoms with Gasteiger partial charge in [0, 0.05) is 31.6 Å². The quantitative estimate of drug-likeness (QED) is 0.551. The zero-order valence-corrected chi connectivity index (χ0v) is 14.5. The number of anilines is 1. The van der Waals surface area contributed by atoms with Gasteiger partial charge in [-0.05, 0) is 12.1 Å². The van der Waals surface area contributed by atoms with Crippen molar-refractivity contribution in [3.63, 3.8) is 0 Å². The minimum atomic E-state index is -1.94. The summed E-state index contributed by atoms with van der Waals surface area (Å²) in [5.41, 5.74) is -0.796. The van der Waals surface area contributed by atoms with E-state index in [9.17, 15) is 24.8 Å². The van der Waals surface area contributed by atoms with Crippen LogP contribution < -0.4 is 10.7 Å². The zero-order valence-electron chi connectivity index (χ0n) is 14.5. The van der Waals surface area contributed by atoms with Crippen LogP contribution in [0, 0.1) is 10.1 Å². The summed E-state index contributed by atoms with van der Waals surface area (Å²) in [6.07, 6.45) is -0.307. The van der Waals surface area contributed by atoms with Crippen LogP contribution in [0.3, 0.4) is 0 Å². The second kappa shape index (κ2) is 5.52. The number of nitrogens with zero attached hydrogens (tertiary/aromatic N) is 3. The van der Waals surface area contributed by atoms with Crippen molar-refractivity contribution in [2.45, 2.75) is 12.0 Å². The van der Waals surface area contributed by atoms with E-state index in [0.717, 1.165) is 6.07 Å². The molecule has 1 atom stereocenters. The van der Waals surface area contributed by atoms with Gasteiger partial charge in [-0.15, -0.1) is 0 Å². The monoisotopic (exact) mass is 369 g/mol. The van der Waals surface area contributed by atoms with E-state index < -0.39 is 22.2 Å². The third-order valence-corrected chi connectivity index (χ3v) is 5.01. The average Bonchev–Trinajstić information content (AvgIpc) is 3.02. The van der Waals surface area contributed by atoms with Crippen molar-refractivity contribution < 1.29 is 19.2 Å². The molecule has 0 bridgehead atoms. The minimum Gasteiger partial charge on any atom is -0.407 e. The number of aromatic nitrogens is 1. The third-order valence-electron chi connectivity index (χ3n) is 5.01. The summed E-state index contributed by atoms with van der Waals surface area (Å²) >= 11 is 0. The molecule has 0 aliphatic carbocycles. The van der Waals surface area contributed by atoms with Crippen molar-refractivity contribution >= 4 is 28.4 Å². The number of benzene rings is 2. The third kappa shape index (κ3) is 2.28. The number of nitro groups is 1. The number of nitro benzene ring substituents is 1.